The van der Waals surface area contributed by atoms with Gasteiger partial charge in [-0.1, -0.05) is 18.2 Å². The molecule has 0 unspecified atom stereocenters. The maximum Gasteiger partial charge on any atom is 0.226 e. The van der Waals surface area contributed by atoms with E-state index in [0.717, 1.165) is 0 Å². The molecule has 1 heterocycles. The second-order valence-electron chi connectivity index (χ2n) is 4.59. The highest BCUT2D eigenvalue weighted by Gasteiger charge is 2.09. The maximum atomic E-state index is 13.2. The molecule has 112 valence electrons. The number of benzene rings is 2. The third-order valence-electron chi connectivity index (χ3n) is 3.07. The number of nitrogens with zero attached hydrogens (tertiary/aromatic N) is 1. The molecule has 2 aromatic carbocycles. The normalized spacial score (nSPS) is 10.5. The molecular weight excluding hydrogens is 285 g/mol. The van der Waals surface area contributed by atoms with Crippen molar-refractivity contribution >= 4 is 0 Å². The summed E-state index contributed by atoms with van der Waals surface area (Å²) in [5.74, 6) is 1.30. The lowest BCUT2D eigenvalue weighted by molar-refractivity contribution is 0.280. The molecule has 0 saturated heterocycles. The number of methoxy groups -OCH3 is 1. The Balaban J connectivity index is 1.72. The van der Waals surface area contributed by atoms with Crippen LogP contribution in [0.1, 0.15) is 5.69 Å². The average Bonchev–Trinajstić information content (AvgIpc) is 3.02. The van der Waals surface area contributed by atoms with Crippen LogP contribution in [0.2, 0.25) is 0 Å². The molecule has 0 atom stereocenters. The van der Waals surface area contributed by atoms with E-state index in [1.807, 2.05) is 24.3 Å². The summed E-state index contributed by atoms with van der Waals surface area (Å²) in [6.45, 7) is 0.235. The van der Waals surface area contributed by atoms with Crippen molar-refractivity contribution in [3.63, 3.8) is 0 Å². The quantitative estimate of drug-likeness (QED) is 0.712. The fraction of sp³-hybridized carbons (Fsp3) is 0.118. The predicted octanol–water partition coefficient (Wildman–Crippen LogP) is 4.07. The van der Waals surface area contributed by atoms with E-state index in [4.69, 9.17) is 13.9 Å². The molecule has 4 nitrogen and oxygen atoms in total. The minimum Gasteiger partial charge on any atom is -0.493 e. The Morgan fingerprint density at radius 3 is 2.68 bits per heavy atom. The summed E-state index contributed by atoms with van der Waals surface area (Å²) >= 11 is 0. The Labute approximate surface area is 127 Å². The van der Waals surface area contributed by atoms with Crippen LogP contribution in [0.3, 0.4) is 0 Å². The van der Waals surface area contributed by atoms with Gasteiger partial charge in [-0.2, -0.15) is 0 Å². The van der Waals surface area contributed by atoms with Crippen LogP contribution >= 0.6 is 0 Å². The van der Waals surface area contributed by atoms with Gasteiger partial charge in [0.15, 0.2) is 11.5 Å². The first-order valence-electron chi connectivity index (χ1n) is 6.72. The van der Waals surface area contributed by atoms with Crippen molar-refractivity contribution in [3.05, 3.63) is 66.3 Å². The van der Waals surface area contributed by atoms with Gasteiger partial charge in [0.1, 0.15) is 24.4 Å². The van der Waals surface area contributed by atoms with Crippen LogP contribution in [0.15, 0.2) is 59.2 Å². The highest BCUT2D eigenvalue weighted by Crippen LogP contribution is 2.27. The van der Waals surface area contributed by atoms with Crippen molar-refractivity contribution in [2.45, 2.75) is 6.61 Å². The van der Waals surface area contributed by atoms with Crippen molar-refractivity contribution in [3.8, 4) is 23.0 Å². The van der Waals surface area contributed by atoms with Crippen LogP contribution in [0.25, 0.3) is 11.5 Å². The average molecular weight is 299 g/mol. The summed E-state index contributed by atoms with van der Waals surface area (Å²) in [4.78, 5) is 4.29. The van der Waals surface area contributed by atoms with Gasteiger partial charge < -0.3 is 13.9 Å². The molecule has 0 spiro atoms. The van der Waals surface area contributed by atoms with Gasteiger partial charge in [0.2, 0.25) is 5.89 Å². The Morgan fingerprint density at radius 1 is 1.09 bits per heavy atom. The number of hydrogen-bond donors (Lipinski definition) is 0. The number of oxazole rings is 1. The number of ether oxygens (including phenoxy) is 2. The van der Waals surface area contributed by atoms with Gasteiger partial charge >= 0.3 is 0 Å². The first kappa shape index (κ1) is 14.1. The van der Waals surface area contributed by atoms with E-state index >= 15 is 0 Å². The SMILES string of the molecule is COc1ccccc1OCc1coc(-c2cccc(F)c2)n1. The van der Waals surface area contributed by atoms with Crippen LogP contribution in [0.5, 0.6) is 11.5 Å². The predicted molar refractivity (Wildman–Crippen MR) is 79.2 cm³/mol. The van der Waals surface area contributed by atoms with Crippen LogP contribution in [-0.4, -0.2) is 12.1 Å². The van der Waals surface area contributed by atoms with Crippen molar-refractivity contribution < 1.29 is 18.3 Å². The first-order valence-corrected chi connectivity index (χ1v) is 6.72. The van der Waals surface area contributed by atoms with Crippen LogP contribution in [0, 0.1) is 5.82 Å². The summed E-state index contributed by atoms with van der Waals surface area (Å²) < 4.78 is 29.4. The van der Waals surface area contributed by atoms with Crippen molar-refractivity contribution in [1.82, 2.24) is 4.98 Å². The standard InChI is InChI=1S/C17H14FNO3/c1-20-15-7-2-3-8-16(15)21-10-14-11-22-17(19-14)12-5-4-6-13(18)9-12/h2-9,11H,10H2,1H3. The zero-order valence-electron chi connectivity index (χ0n) is 12.0. The molecule has 0 aliphatic rings. The second-order valence-corrected chi connectivity index (χ2v) is 4.59. The number of para-hydroxylation sites is 2. The van der Waals surface area contributed by atoms with Crippen LogP contribution < -0.4 is 9.47 Å². The van der Waals surface area contributed by atoms with Gasteiger partial charge in [0.25, 0.3) is 0 Å². The van der Waals surface area contributed by atoms with Gasteiger partial charge in [0.05, 0.1) is 7.11 Å². The zero-order valence-corrected chi connectivity index (χ0v) is 12.0. The summed E-state index contributed by atoms with van der Waals surface area (Å²) in [5, 5.41) is 0. The Hall–Kier alpha value is -2.82. The van der Waals surface area contributed by atoms with Crippen LogP contribution in [-0.2, 0) is 6.61 Å². The fourth-order valence-corrected chi connectivity index (χ4v) is 2.02. The molecule has 1 aromatic heterocycles. The zero-order chi connectivity index (χ0) is 15.4. The Bertz CT molecular complexity index is 770. The van der Waals surface area contributed by atoms with E-state index in [-0.39, 0.29) is 12.4 Å². The van der Waals surface area contributed by atoms with Crippen molar-refractivity contribution in [2.75, 3.05) is 7.11 Å². The molecule has 0 aliphatic carbocycles. The van der Waals surface area contributed by atoms with E-state index in [1.165, 1.54) is 18.4 Å². The molecule has 0 radical (unpaired) electrons. The summed E-state index contributed by atoms with van der Waals surface area (Å²) in [7, 11) is 1.58. The lowest BCUT2D eigenvalue weighted by Gasteiger charge is -2.08. The topological polar surface area (TPSA) is 44.5 Å². The van der Waals surface area contributed by atoms with Crippen molar-refractivity contribution in [2.24, 2.45) is 0 Å². The maximum absolute atomic E-state index is 13.2. The summed E-state index contributed by atoms with van der Waals surface area (Å²) in [6, 6.07) is 13.4. The van der Waals surface area contributed by atoms with Crippen molar-refractivity contribution in [1.29, 1.82) is 0 Å². The highest BCUT2D eigenvalue weighted by atomic mass is 19.1. The van der Waals surface area contributed by atoms with E-state index in [0.29, 0.717) is 28.6 Å². The number of halogens is 1. The first-order chi connectivity index (χ1) is 10.8. The number of rotatable bonds is 5. The van der Waals surface area contributed by atoms with E-state index in [1.54, 1.807) is 19.2 Å². The molecule has 0 bridgehead atoms. The fourth-order valence-electron chi connectivity index (χ4n) is 2.02. The Kier molecular flexibility index (Phi) is 4.05. The molecule has 0 N–H and O–H groups in total. The van der Waals surface area contributed by atoms with E-state index in [9.17, 15) is 4.39 Å². The second kappa shape index (κ2) is 6.30. The van der Waals surface area contributed by atoms with Gasteiger partial charge in [-0.15, -0.1) is 0 Å². The molecule has 0 saturated carbocycles. The molecule has 3 rings (SSSR count). The molecule has 22 heavy (non-hydrogen) atoms. The lowest BCUT2D eigenvalue weighted by Crippen LogP contribution is -1.97. The smallest absolute Gasteiger partial charge is 0.226 e. The molecule has 0 amide bonds. The van der Waals surface area contributed by atoms with Gasteiger partial charge in [-0.3, -0.25) is 0 Å². The Morgan fingerprint density at radius 2 is 1.91 bits per heavy atom. The summed E-state index contributed by atoms with van der Waals surface area (Å²) in [6.07, 6.45) is 1.50. The molecule has 5 heteroatoms. The molecule has 0 fully saturated rings. The molecule has 0 aliphatic heterocycles. The van der Waals surface area contributed by atoms with Gasteiger partial charge in [-0.05, 0) is 30.3 Å². The monoisotopic (exact) mass is 299 g/mol. The van der Waals surface area contributed by atoms with Gasteiger partial charge in [0, 0.05) is 5.56 Å². The van der Waals surface area contributed by atoms with E-state index < -0.39 is 0 Å². The molecule has 3 aromatic rings. The largest absolute Gasteiger partial charge is 0.493 e. The minimum absolute atomic E-state index is 0.235. The third kappa shape index (κ3) is 3.09. The van der Waals surface area contributed by atoms with E-state index in [2.05, 4.69) is 4.98 Å². The lowest BCUT2D eigenvalue weighted by atomic mass is 10.2. The third-order valence-corrected chi connectivity index (χ3v) is 3.07. The minimum atomic E-state index is -0.331. The van der Waals surface area contributed by atoms with Gasteiger partial charge in [-0.25, -0.2) is 9.37 Å². The highest BCUT2D eigenvalue weighted by molar-refractivity contribution is 5.52. The molecular formula is C17H14FNO3. The number of hydrogen-bond acceptors (Lipinski definition) is 4. The summed E-state index contributed by atoms with van der Waals surface area (Å²) in [5.41, 5.74) is 1.20. The number of aromatic nitrogens is 1. The van der Waals surface area contributed by atoms with Crippen LogP contribution in [0.4, 0.5) is 4.39 Å².